The molecule has 1 aliphatic heterocycles. The summed E-state index contributed by atoms with van der Waals surface area (Å²) in [6.45, 7) is 4.10. The minimum Gasteiger partial charge on any atom is -0.497 e. The van der Waals surface area contributed by atoms with Crippen LogP contribution in [0.25, 0.3) is 0 Å². The van der Waals surface area contributed by atoms with Gasteiger partial charge < -0.3 is 25.4 Å². The molecule has 3 aromatic carbocycles. The van der Waals surface area contributed by atoms with Crippen LogP contribution in [0.4, 0.5) is 11.4 Å². The number of para-hydroxylation sites is 2. The maximum absolute atomic E-state index is 13.7. The fraction of sp³-hybridized carbons (Fsp3) is 0.194. The number of rotatable bonds is 10. The average molecular weight is 555 g/mol. The van der Waals surface area contributed by atoms with Gasteiger partial charge in [-0.3, -0.25) is 9.59 Å². The molecule has 3 N–H and O–H groups in total. The van der Waals surface area contributed by atoms with Gasteiger partial charge in [0.25, 0.3) is 5.91 Å². The van der Waals surface area contributed by atoms with E-state index in [1.165, 1.54) is 11.8 Å². The molecule has 1 atom stereocenters. The summed E-state index contributed by atoms with van der Waals surface area (Å²) < 4.78 is 11.1. The van der Waals surface area contributed by atoms with Crippen molar-refractivity contribution in [3.8, 4) is 17.6 Å². The topological polar surface area (TPSA) is 112 Å². The molecular weight excluding hydrogens is 524 g/mol. The smallest absolute Gasteiger partial charge is 0.254 e. The second-order valence-corrected chi connectivity index (χ2v) is 9.80. The van der Waals surface area contributed by atoms with E-state index in [2.05, 4.69) is 22.0 Å². The number of dihydropyridines is 1. The average Bonchev–Trinajstić information content (AvgIpc) is 2.96. The Hall–Kier alpha value is -4.68. The second-order valence-electron chi connectivity index (χ2n) is 8.81. The van der Waals surface area contributed by atoms with Crippen molar-refractivity contribution in [3.63, 3.8) is 0 Å². The fourth-order valence-electron chi connectivity index (χ4n) is 4.40. The molecule has 0 aliphatic carbocycles. The summed E-state index contributed by atoms with van der Waals surface area (Å²) >= 11 is 1.20. The molecule has 3 aromatic rings. The van der Waals surface area contributed by atoms with Gasteiger partial charge in [-0.25, -0.2) is 0 Å². The number of carbonyl (C=O) groups is 2. The third-order valence-corrected chi connectivity index (χ3v) is 7.17. The van der Waals surface area contributed by atoms with Gasteiger partial charge in [0.2, 0.25) is 5.91 Å². The molecule has 8 nitrogen and oxygen atoms in total. The zero-order chi connectivity index (χ0) is 28.5. The molecule has 0 fully saturated rings. The van der Waals surface area contributed by atoms with Crippen LogP contribution in [-0.2, 0) is 9.59 Å². The quantitative estimate of drug-likeness (QED) is 0.290. The van der Waals surface area contributed by atoms with Gasteiger partial charge in [0.15, 0.2) is 0 Å². The minimum absolute atomic E-state index is 0.0450. The van der Waals surface area contributed by atoms with Crippen molar-refractivity contribution in [3.05, 3.63) is 106 Å². The molecular formula is C31H30N4O4S. The Kier molecular flexibility index (Phi) is 9.49. The SMILES string of the molecule is CCOc1ccccc1C1C(C#N)=C(SCC(=O)Nc2cccc(OC)c2)NC(C)=C1C(=O)Nc1ccccc1. The molecule has 1 heterocycles. The molecule has 0 bridgehead atoms. The maximum atomic E-state index is 13.7. The summed E-state index contributed by atoms with van der Waals surface area (Å²) in [4.78, 5) is 26.5. The van der Waals surface area contributed by atoms with E-state index in [1.807, 2.05) is 49.4 Å². The van der Waals surface area contributed by atoms with Crippen LogP contribution < -0.4 is 25.4 Å². The van der Waals surface area contributed by atoms with Crippen molar-refractivity contribution < 1.29 is 19.1 Å². The molecule has 0 saturated heterocycles. The number of nitriles is 1. The van der Waals surface area contributed by atoms with Gasteiger partial charge in [0.1, 0.15) is 11.5 Å². The largest absolute Gasteiger partial charge is 0.497 e. The van der Waals surface area contributed by atoms with Gasteiger partial charge in [-0.1, -0.05) is 54.2 Å². The van der Waals surface area contributed by atoms with Gasteiger partial charge in [-0.15, -0.1) is 0 Å². The number of hydrogen-bond acceptors (Lipinski definition) is 7. The highest BCUT2D eigenvalue weighted by molar-refractivity contribution is 8.03. The van der Waals surface area contributed by atoms with E-state index in [1.54, 1.807) is 50.4 Å². The first-order valence-electron chi connectivity index (χ1n) is 12.7. The van der Waals surface area contributed by atoms with Crippen LogP contribution in [-0.4, -0.2) is 31.3 Å². The minimum atomic E-state index is -0.707. The molecule has 1 aliphatic rings. The van der Waals surface area contributed by atoms with E-state index in [-0.39, 0.29) is 17.6 Å². The number of benzene rings is 3. The van der Waals surface area contributed by atoms with E-state index >= 15 is 0 Å². The Balaban J connectivity index is 1.66. The third-order valence-electron chi connectivity index (χ3n) is 6.15. The summed E-state index contributed by atoms with van der Waals surface area (Å²) in [6, 6.07) is 25.9. The summed E-state index contributed by atoms with van der Waals surface area (Å²) in [5, 5.41) is 19.9. The molecule has 0 spiro atoms. The Morgan fingerprint density at radius 1 is 1.00 bits per heavy atom. The van der Waals surface area contributed by atoms with Gasteiger partial charge in [0.05, 0.1) is 42.1 Å². The van der Waals surface area contributed by atoms with Crippen LogP contribution in [0.1, 0.15) is 25.3 Å². The van der Waals surface area contributed by atoms with E-state index in [0.717, 1.165) is 0 Å². The monoisotopic (exact) mass is 554 g/mol. The molecule has 4 rings (SSSR count). The highest BCUT2D eigenvalue weighted by Gasteiger charge is 2.36. The summed E-state index contributed by atoms with van der Waals surface area (Å²) in [5.74, 6) is -0.0231. The fourth-order valence-corrected chi connectivity index (χ4v) is 5.29. The van der Waals surface area contributed by atoms with Crippen LogP contribution in [0.15, 0.2) is 101 Å². The van der Waals surface area contributed by atoms with E-state index in [0.29, 0.717) is 56.9 Å². The number of methoxy groups -OCH3 is 1. The van der Waals surface area contributed by atoms with Crippen LogP contribution in [0, 0.1) is 11.3 Å². The maximum Gasteiger partial charge on any atom is 0.254 e. The first kappa shape index (κ1) is 28.3. The molecule has 0 saturated carbocycles. The zero-order valence-electron chi connectivity index (χ0n) is 22.5. The lowest BCUT2D eigenvalue weighted by Crippen LogP contribution is -2.31. The molecule has 2 amide bonds. The van der Waals surface area contributed by atoms with Crippen LogP contribution >= 0.6 is 11.8 Å². The lowest BCUT2D eigenvalue weighted by atomic mass is 9.81. The van der Waals surface area contributed by atoms with Crippen molar-refractivity contribution >= 4 is 35.0 Å². The molecule has 40 heavy (non-hydrogen) atoms. The third kappa shape index (κ3) is 6.65. The predicted molar refractivity (Wildman–Crippen MR) is 158 cm³/mol. The number of nitrogens with zero attached hydrogens (tertiary/aromatic N) is 1. The lowest BCUT2D eigenvalue weighted by Gasteiger charge is -2.30. The van der Waals surface area contributed by atoms with Crippen molar-refractivity contribution in [1.82, 2.24) is 5.32 Å². The number of hydrogen-bond donors (Lipinski definition) is 3. The predicted octanol–water partition coefficient (Wildman–Crippen LogP) is 5.80. The van der Waals surface area contributed by atoms with E-state index < -0.39 is 5.92 Å². The number of allylic oxidation sites excluding steroid dienone is 2. The first-order valence-corrected chi connectivity index (χ1v) is 13.7. The zero-order valence-corrected chi connectivity index (χ0v) is 23.3. The van der Waals surface area contributed by atoms with Crippen molar-refractivity contribution in [2.24, 2.45) is 0 Å². The molecule has 204 valence electrons. The van der Waals surface area contributed by atoms with Crippen LogP contribution in [0.2, 0.25) is 0 Å². The van der Waals surface area contributed by atoms with Crippen molar-refractivity contribution in [2.75, 3.05) is 30.1 Å². The van der Waals surface area contributed by atoms with Crippen LogP contribution in [0.3, 0.4) is 0 Å². The summed E-state index contributed by atoms with van der Waals surface area (Å²) in [5.41, 5.74) is 3.25. The van der Waals surface area contributed by atoms with Crippen molar-refractivity contribution in [2.45, 2.75) is 19.8 Å². The van der Waals surface area contributed by atoms with E-state index in [9.17, 15) is 14.9 Å². The normalized spacial score (nSPS) is 14.6. The molecule has 0 radical (unpaired) electrons. The van der Waals surface area contributed by atoms with Gasteiger partial charge in [-0.05, 0) is 44.2 Å². The van der Waals surface area contributed by atoms with Crippen molar-refractivity contribution in [1.29, 1.82) is 5.26 Å². The Morgan fingerprint density at radius 3 is 2.45 bits per heavy atom. The number of anilines is 2. The van der Waals surface area contributed by atoms with E-state index in [4.69, 9.17) is 9.47 Å². The number of ether oxygens (including phenoxy) is 2. The first-order chi connectivity index (χ1) is 19.4. The summed E-state index contributed by atoms with van der Waals surface area (Å²) in [7, 11) is 1.56. The highest BCUT2D eigenvalue weighted by Crippen LogP contribution is 2.44. The van der Waals surface area contributed by atoms with Gasteiger partial charge >= 0.3 is 0 Å². The molecule has 9 heteroatoms. The molecule has 1 unspecified atom stereocenters. The Morgan fingerprint density at radius 2 is 1.73 bits per heavy atom. The number of thioether (sulfide) groups is 1. The molecule has 0 aromatic heterocycles. The Labute approximate surface area is 238 Å². The van der Waals surface area contributed by atoms with Gasteiger partial charge in [0, 0.05) is 34.3 Å². The second kappa shape index (κ2) is 13.4. The number of amides is 2. The van der Waals surface area contributed by atoms with Crippen LogP contribution in [0.5, 0.6) is 11.5 Å². The standard InChI is InChI=1S/C31H30N4O4S/c1-4-39-26-16-9-8-15-24(26)29-25(18-32)31(40-19-27(36)34-22-13-10-14-23(17-22)38-3)33-20(2)28(29)30(37)35-21-11-6-5-7-12-21/h5-17,29,33H,4,19H2,1-3H3,(H,34,36)(H,35,37). The highest BCUT2D eigenvalue weighted by atomic mass is 32.2. The number of nitrogens with one attached hydrogen (secondary N) is 3. The Bertz CT molecular complexity index is 1490. The number of carbonyl (C=O) groups excluding carboxylic acids is 2. The van der Waals surface area contributed by atoms with Gasteiger partial charge in [-0.2, -0.15) is 5.26 Å². The summed E-state index contributed by atoms with van der Waals surface area (Å²) in [6.07, 6.45) is 0. The lowest BCUT2D eigenvalue weighted by molar-refractivity contribution is -0.114.